The molecule has 1 unspecified atom stereocenters. The van der Waals surface area contributed by atoms with E-state index < -0.39 is 23.7 Å². The number of aromatic nitrogens is 1. The molecule has 0 spiro atoms. The van der Waals surface area contributed by atoms with E-state index in [1.165, 1.54) is 23.6 Å². The second-order valence-corrected chi connectivity index (χ2v) is 7.25. The molecule has 0 fully saturated rings. The molecule has 2 rings (SSSR count). The number of guanidine groups is 1. The third-order valence-corrected chi connectivity index (χ3v) is 4.73. The molecule has 2 aromatic rings. The number of halogens is 5. The summed E-state index contributed by atoms with van der Waals surface area (Å²) in [5.74, 6) is -0.0615. The topological polar surface area (TPSA) is 78.8 Å². The molecule has 12 heteroatoms. The number of aliphatic hydroxyl groups excluding tert-OH is 1. The highest BCUT2D eigenvalue weighted by atomic mass is 127. The van der Waals surface area contributed by atoms with Gasteiger partial charge in [0.1, 0.15) is 18.3 Å². The van der Waals surface area contributed by atoms with E-state index in [1.54, 1.807) is 12.1 Å². The van der Waals surface area contributed by atoms with Crippen molar-refractivity contribution in [3.8, 4) is 5.88 Å². The SMILES string of the molecule is CCNC(=NCC(O)c1ccc(Cl)s1)NCCOc1ncccc1C(F)(F)F.I. The van der Waals surface area contributed by atoms with Crippen LogP contribution in [0.25, 0.3) is 0 Å². The molecule has 0 aromatic carbocycles. The van der Waals surface area contributed by atoms with Gasteiger partial charge in [0.2, 0.25) is 5.88 Å². The van der Waals surface area contributed by atoms with Crippen molar-refractivity contribution in [2.45, 2.75) is 19.2 Å². The Balaban J connectivity index is 0.00000420. The minimum absolute atomic E-state index is 0. The fourth-order valence-electron chi connectivity index (χ4n) is 2.16. The number of thiophene rings is 1. The summed E-state index contributed by atoms with van der Waals surface area (Å²) < 4.78 is 44.5. The number of alkyl halides is 3. The second kappa shape index (κ2) is 12.4. The van der Waals surface area contributed by atoms with Crippen LogP contribution in [0.3, 0.4) is 0 Å². The van der Waals surface area contributed by atoms with Crippen LogP contribution < -0.4 is 15.4 Å². The maximum absolute atomic E-state index is 12.9. The summed E-state index contributed by atoms with van der Waals surface area (Å²) in [5, 5.41) is 16.0. The zero-order valence-corrected chi connectivity index (χ0v) is 19.3. The van der Waals surface area contributed by atoms with Crippen LogP contribution in [0.1, 0.15) is 23.5 Å². The zero-order valence-electron chi connectivity index (χ0n) is 15.4. The number of aliphatic imine (C=N–C) groups is 1. The molecule has 0 radical (unpaired) electrons. The lowest BCUT2D eigenvalue weighted by Crippen LogP contribution is -2.39. The van der Waals surface area contributed by atoms with Gasteiger partial charge in [-0.1, -0.05) is 11.6 Å². The molecule has 0 saturated heterocycles. The lowest BCUT2D eigenvalue weighted by Gasteiger charge is -2.14. The van der Waals surface area contributed by atoms with Gasteiger partial charge in [0, 0.05) is 17.6 Å². The Bertz CT molecular complexity index is 792. The van der Waals surface area contributed by atoms with Crippen LogP contribution in [0.5, 0.6) is 5.88 Å². The van der Waals surface area contributed by atoms with Crippen molar-refractivity contribution >= 4 is 52.9 Å². The minimum Gasteiger partial charge on any atom is -0.475 e. The normalized spacial score (nSPS) is 12.8. The maximum Gasteiger partial charge on any atom is 0.421 e. The van der Waals surface area contributed by atoms with E-state index in [-0.39, 0.29) is 43.7 Å². The number of nitrogens with zero attached hydrogens (tertiary/aromatic N) is 2. The molecule has 0 aliphatic rings. The van der Waals surface area contributed by atoms with Crippen molar-refractivity contribution in [1.82, 2.24) is 15.6 Å². The summed E-state index contributed by atoms with van der Waals surface area (Å²) in [6.45, 7) is 2.69. The predicted molar refractivity (Wildman–Crippen MR) is 118 cm³/mol. The van der Waals surface area contributed by atoms with E-state index in [1.807, 2.05) is 6.92 Å². The molecule has 0 aliphatic carbocycles. The first kappa shape index (κ1) is 25.7. The van der Waals surface area contributed by atoms with E-state index in [9.17, 15) is 18.3 Å². The number of nitrogens with one attached hydrogen (secondary N) is 2. The van der Waals surface area contributed by atoms with Crippen molar-refractivity contribution in [3.63, 3.8) is 0 Å². The summed E-state index contributed by atoms with van der Waals surface area (Å²) in [6.07, 6.45) is -4.09. The predicted octanol–water partition coefficient (Wildman–Crippen LogP) is 4.10. The number of hydrogen-bond acceptors (Lipinski definition) is 5. The molecule has 3 N–H and O–H groups in total. The summed E-state index contributed by atoms with van der Waals surface area (Å²) >= 11 is 7.12. The molecular weight excluding hydrogens is 544 g/mol. The Labute approximate surface area is 192 Å². The maximum atomic E-state index is 12.9. The summed E-state index contributed by atoms with van der Waals surface area (Å²) in [7, 11) is 0. The van der Waals surface area contributed by atoms with Crippen LogP contribution in [0, 0.1) is 0 Å². The molecule has 29 heavy (non-hydrogen) atoms. The van der Waals surface area contributed by atoms with E-state index in [0.717, 1.165) is 6.07 Å². The lowest BCUT2D eigenvalue weighted by atomic mass is 10.2. The van der Waals surface area contributed by atoms with Crippen LogP contribution in [0.2, 0.25) is 4.34 Å². The average Bonchev–Trinajstić information content (AvgIpc) is 3.09. The highest BCUT2D eigenvalue weighted by molar-refractivity contribution is 14.0. The number of pyridine rings is 1. The van der Waals surface area contributed by atoms with Crippen LogP contribution in [-0.4, -0.2) is 42.3 Å². The molecule has 0 aliphatic heterocycles. The van der Waals surface area contributed by atoms with Gasteiger partial charge in [0.05, 0.1) is 17.4 Å². The van der Waals surface area contributed by atoms with Crippen LogP contribution in [-0.2, 0) is 6.18 Å². The largest absolute Gasteiger partial charge is 0.475 e. The fourth-order valence-corrected chi connectivity index (χ4v) is 3.19. The zero-order chi connectivity index (χ0) is 20.6. The molecule has 6 nitrogen and oxygen atoms in total. The third kappa shape index (κ3) is 8.52. The van der Waals surface area contributed by atoms with E-state index in [2.05, 4.69) is 20.6 Å². The van der Waals surface area contributed by atoms with Gasteiger partial charge in [-0.25, -0.2) is 4.98 Å². The monoisotopic (exact) mass is 564 g/mol. The molecule has 1 atom stereocenters. The third-order valence-electron chi connectivity index (χ3n) is 3.40. The number of rotatable bonds is 8. The first-order valence-electron chi connectivity index (χ1n) is 8.41. The van der Waals surface area contributed by atoms with Crippen molar-refractivity contribution in [1.29, 1.82) is 0 Å². The summed E-state index contributed by atoms with van der Waals surface area (Å²) in [4.78, 5) is 8.59. The Morgan fingerprint density at radius 3 is 2.72 bits per heavy atom. The highest BCUT2D eigenvalue weighted by Gasteiger charge is 2.34. The van der Waals surface area contributed by atoms with E-state index in [4.69, 9.17) is 16.3 Å². The van der Waals surface area contributed by atoms with Crippen molar-refractivity contribution in [2.75, 3.05) is 26.2 Å². The van der Waals surface area contributed by atoms with Crippen LogP contribution in [0.15, 0.2) is 35.5 Å². The average molecular weight is 565 g/mol. The number of hydrogen-bond donors (Lipinski definition) is 3. The smallest absolute Gasteiger partial charge is 0.421 e. The van der Waals surface area contributed by atoms with Gasteiger partial charge in [-0.05, 0) is 31.2 Å². The Hall–Kier alpha value is -1.31. The van der Waals surface area contributed by atoms with Crippen molar-refractivity contribution < 1.29 is 23.0 Å². The van der Waals surface area contributed by atoms with Gasteiger partial charge in [0.15, 0.2) is 5.96 Å². The van der Waals surface area contributed by atoms with E-state index >= 15 is 0 Å². The van der Waals surface area contributed by atoms with E-state index in [0.29, 0.717) is 21.7 Å². The minimum atomic E-state index is -4.53. The van der Waals surface area contributed by atoms with Crippen LogP contribution >= 0.6 is 46.9 Å². The Morgan fingerprint density at radius 1 is 1.34 bits per heavy atom. The molecule has 0 amide bonds. The first-order chi connectivity index (χ1) is 13.3. The van der Waals surface area contributed by atoms with Gasteiger partial charge in [-0.3, -0.25) is 4.99 Å². The van der Waals surface area contributed by atoms with Gasteiger partial charge in [-0.2, -0.15) is 13.2 Å². The molecule has 162 valence electrons. The van der Waals surface area contributed by atoms with Crippen LogP contribution in [0.4, 0.5) is 13.2 Å². The molecular formula is C17H21ClF3IN4O2S. The van der Waals surface area contributed by atoms with Gasteiger partial charge >= 0.3 is 6.18 Å². The lowest BCUT2D eigenvalue weighted by molar-refractivity contribution is -0.139. The molecule has 2 aromatic heterocycles. The molecule has 0 bridgehead atoms. The summed E-state index contributed by atoms with van der Waals surface area (Å²) in [6, 6.07) is 5.55. The number of ether oxygens (including phenoxy) is 1. The first-order valence-corrected chi connectivity index (χ1v) is 9.61. The summed E-state index contributed by atoms with van der Waals surface area (Å²) in [5.41, 5.74) is -0.923. The van der Waals surface area contributed by atoms with Gasteiger partial charge in [0.25, 0.3) is 0 Å². The number of aliphatic hydroxyl groups is 1. The fraction of sp³-hybridized carbons (Fsp3) is 0.412. The Morgan fingerprint density at radius 2 is 2.10 bits per heavy atom. The highest BCUT2D eigenvalue weighted by Crippen LogP contribution is 2.34. The quantitative estimate of drug-likeness (QED) is 0.195. The van der Waals surface area contributed by atoms with Gasteiger partial charge in [-0.15, -0.1) is 35.3 Å². The van der Waals surface area contributed by atoms with Crippen molar-refractivity contribution in [3.05, 3.63) is 45.2 Å². The molecule has 0 saturated carbocycles. The van der Waals surface area contributed by atoms with Crippen molar-refractivity contribution in [2.24, 2.45) is 4.99 Å². The molecule has 2 heterocycles. The van der Waals surface area contributed by atoms with Gasteiger partial charge < -0.3 is 20.5 Å². The standard InChI is InChI=1S/C17H20ClF3N4O2S.HI/c1-2-22-16(25-10-12(26)13-5-6-14(18)28-13)24-8-9-27-15-11(17(19,20)21)4-3-7-23-15;/h3-7,12,26H,2,8-10H2,1H3,(H2,22,24,25);1H. The Kier molecular flexibility index (Phi) is 11.0. The second-order valence-electron chi connectivity index (χ2n) is 5.51.